The summed E-state index contributed by atoms with van der Waals surface area (Å²) >= 11 is 2.75. The topological polar surface area (TPSA) is 52.9 Å². The third kappa shape index (κ3) is 3.08. The zero-order chi connectivity index (χ0) is 11.3. The molecule has 0 bridgehead atoms. The molecular weight excluding hydrogens is 263 g/mol. The summed E-state index contributed by atoms with van der Waals surface area (Å²) in [5.74, 6) is 0.838. The number of nitrogens with one attached hydrogen (secondary N) is 1. The summed E-state index contributed by atoms with van der Waals surface area (Å²) in [4.78, 5) is 13.2. The molecule has 0 aliphatic carbocycles. The van der Waals surface area contributed by atoms with E-state index in [9.17, 15) is 9.18 Å². The Morgan fingerprint density at radius 3 is 2.80 bits per heavy atom. The van der Waals surface area contributed by atoms with Gasteiger partial charge in [-0.15, -0.1) is 0 Å². The molecule has 1 aromatic carbocycles. The fourth-order valence-corrected chi connectivity index (χ4v) is 1.06. The van der Waals surface area contributed by atoms with E-state index < -0.39 is 11.7 Å². The standard InChI is InChI=1S/C10H4BrFN2O/c11-4-3-10(15)14-9-2-1-7(6-13)5-8(9)12/h1-2,5H,(H,14,15). The number of benzene rings is 1. The van der Waals surface area contributed by atoms with Crippen molar-refractivity contribution in [1.82, 2.24) is 0 Å². The second-order valence-electron chi connectivity index (χ2n) is 2.48. The van der Waals surface area contributed by atoms with Gasteiger partial charge in [0.05, 0.1) is 17.3 Å². The molecule has 0 aromatic heterocycles. The second kappa shape index (κ2) is 5.14. The summed E-state index contributed by atoms with van der Waals surface area (Å²) in [7, 11) is 0. The number of hydrogen-bond acceptors (Lipinski definition) is 2. The van der Waals surface area contributed by atoms with Crippen LogP contribution in [0.1, 0.15) is 5.56 Å². The Bertz CT molecular complexity index is 496. The number of halogens is 2. The zero-order valence-corrected chi connectivity index (χ0v) is 8.93. The first-order chi connectivity index (χ1) is 7.17. The van der Waals surface area contributed by atoms with Gasteiger partial charge < -0.3 is 5.32 Å². The molecule has 0 spiro atoms. The third-order valence-corrected chi connectivity index (χ3v) is 1.71. The highest BCUT2D eigenvalue weighted by Gasteiger charge is 2.05. The average Bonchev–Trinajstić information content (AvgIpc) is 2.21. The van der Waals surface area contributed by atoms with E-state index in [1.54, 1.807) is 6.07 Å². The van der Waals surface area contributed by atoms with Crippen LogP contribution in [0, 0.1) is 27.9 Å². The molecule has 0 radical (unpaired) electrons. The molecule has 1 rings (SSSR count). The van der Waals surface area contributed by atoms with Crippen LogP contribution in [0.15, 0.2) is 18.2 Å². The summed E-state index contributed by atoms with van der Waals surface area (Å²) in [5.41, 5.74) is 0.186. The number of anilines is 1. The SMILES string of the molecule is N#Cc1ccc(NC(=O)C#CBr)c(F)c1. The fourth-order valence-electron chi connectivity index (χ4n) is 0.883. The number of amides is 1. The van der Waals surface area contributed by atoms with Gasteiger partial charge in [0.2, 0.25) is 0 Å². The van der Waals surface area contributed by atoms with Crippen LogP contribution in [0.25, 0.3) is 0 Å². The molecule has 1 N–H and O–H groups in total. The first-order valence-electron chi connectivity index (χ1n) is 3.79. The maximum absolute atomic E-state index is 13.2. The lowest BCUT2D eigenvalue weighted by Crippen LogP contribution is -2.09. The molecular formula is C10H4BrFN2O. The minimum atomic E-state index is -0.668. The molecule has 0 fully saturated rings. The monoisotopic (exact) mass is 266 g/mol. The van der Waals surface area contributed by atoms with Crippen molar-refractivity contribution >= 4 is 27.5 Å². The second-order valence-corrected chi connectivity index (χ2v) is 2.88. The van der Waals surface area contributed by atoms with Crippen molar-refractivity contribution < 1.29 is 9.18 Å². The molecule has 0 saturated carbocycles. The lowest BCUT2D eigenvalue weighted by atomic mass is 10.2. The normalized spacial score (nSPS) is 8.33. The molecule has 1 aromatic rings. The van der Waals surface area contributed by atoms with Crippen LogP contribution in [0.2, 0.25) is 0 Å². The molecule has 0 heterocycles. The van der Waals surface area contributed by atoms with Crippen molar-refractivity contribution in [2.45, 2.75) is 0 Å². The average molecular weight is 267 g/mol. The van der Waals surface area contributed by atoms with Gasteiger partial charge in [0.15, 0.2) is 0 Å². The highest BCUT2D eigenvalue weighted by molar-refractivity contribution is 9.12. The molecule has 0 aliphatic heterocycles. The van der Waals surface area contributed by atoms with Crippen molar-refractivity contribution in [1.29, 1.82) is 5.26 Å². The van der Waals surface area contributed by atoms with Crippen LogP contribution in [-0.4, -0.2) is 5.91 Å². The van der Waals surface area contributed by atoms with E-state index in [0.717, 1.165) is 6.07 Å². The van der Waals surface area contributed by atoms with Crippen molar-refractivity contribution in [3.63, 3.8) is 0 Å². The van der Waals surface area contributed by atoms with E-state index >= 15 is 0 Å². The lowest BCUT2D eigenvalue weighted by Gasteiger charge is -2.02. The third-order valence-electron chi connectivity index (χ3n) is 1.51. The molecule has 0 atom stereocenters. The first kappa shape index (κ1) is 11.2. The minimum absolute atomic E-state index is 0.00532. The van der Waals surface area contributed by atoms with Gasteiger partial charge in [0, 0.05) is 21.9 Å². The van der Waals surface area contributed by atoms with Crippen LogP contribution in [-0.2, 0) is 4.79 Å². The smallest absolute Gasteiger partial charge is 0.301 e. The number of carbonyl (C=O) groups excluding carboxylic acids is 1. The molecule has 74 valence electrons. The molecule has 15 heavy (non-hydrogen) atoms. The van der Waals surface area contributed by atoms with Gasteiger partial charge in [-0.05, 0) is 23.0 Å². The predicted molar refractivity (Wildman–Crippen MR) is 56.4 cm³/mol. The Hall–Kier alpha value is -1.85. The molecule has 0 aliphatic rings. The highest BCUT2D eigenvalue weighted by atomic mass is 79.9. The van der Waals surface area contributed by atoms with E-state index in [1.165, 1.54) is 12.1 Å². The van der Waals surface area contributed by atoms with Gasteiger partial charge in [-0.2, -0.15) is 5.26 Å². The van der Waals surface area contributed by atoms with Gasteiger partial charge >= 0.3 is 5.91 Å². The van der Waals surface area contributed by atoms with Crippen LogP contribution < -0.4 is 5.32 Å². The lowest BCUT2D eigenvalue weighted by molar-refractivity contribution is -0.111. The Balaban J connectivity index is 2.92. The summed E-state index contributed by atoms with van der Waals surface area (Å²) in [6.45, 7) is 0. The van der Waals surface area contributed by atoms with E-state index in [4.69, 9.17) is 5.26 Å². The van der Waals surface area contributed by atoms with Crippen LogP contribution in [0.5, 0.6) is 0 Å². The summed E-state index contributed by atoms with van der Waals surface area (Å²) < 4.78 is 13.2. The fraction of sp³-hybridized carbons (Fsp3) is 0. The Morgan fingerprint density at radius 2 is 2.27 bits per heavy atom. The van der Waals surface area contributed by atoms with Crippen LogP contribution in [0.3, 0.4) is 0 Å². The van der Waals surface area contributed by atoms with Crippen molar-refractivity contribution in [2.75, 3.05) is 5.32 Å². The first-order valence-corrected chi connectivity index (χ1v) is 4.59. The Morgan fingerprint density at radius 1 is 1.53 bits per heavy atom. The summed E-state index contributed by atoms with van der Waals surface area (Å²) in [6.07, 6.45) is 0. The minimum Gasteiger partial charge on any atom is -0.313 e. The number of carbonyl (C=O) groups is 1. The quantitative estimate of drug-likeness (QED) is 0.791. The molecule has 1 amide bonds. The van der Waals surface area contributed by atoms with Crippen molar-refractivity contribution in [2.24, 2.45) is 0 Å². The number of rotatable bonds is 1. The van der Waals surface area contributed by atoms with Gasteiger partial charge in [-0.1, -0.05) is 0 Å². The summed E-state index contributed by atoms with van der Waals surface area (Å²) in [5, 5.41) is 10.7. The molecule has 0 saturated heterocycles. The van der Waals surface area contributed by atoms with E-state index in [0.29, 0.717) is 0 Å². The van der Waals surface area contributed by atoms with E-state index in [2.05, 4.69) is 32.0 Å². The highest BCUT2D eigenvalue weighted by Crippen LogP contribution is 2.14. The number of nitrogens with zero attached hydrogens (tertiary/aromatic N) is 1. The Kier molecular flexibility index (Phi) is 3.84. The van der Waals surface area contributed by atoms with Crippen LogP contribution in [0.4, 0.5) is 10.1 Å². The van der Waals surface area contributed by atoms with E-state index in [1.807, 2.05) is 0 Å². The van der Waals surface area contributed by atoms with Gasteiger partial charge in [0.1, 0.15) is 5.82 Å². The number of nitriles is 1. The largest absolute Gasteiger partial charge is 0.313 e. The predicted octanol–water partition coefficient (Wildman–Crippen LogP) is 1.99. The van der Waals surface area contributed by atoms with Gasteiger partial charge in [0.25, 0.3) is 0 Å². The van der Waals surface area contributed by atoms with Gasteiger partial charge in [-0.25, -0.2) is 4.39 Å². The number of hydrogen-bond donors (Lipinski definition) is 1. The Labute approximate surface area is 94.0 Å². The van der Waals surface area contributed by atoms with Gasteiger partial charge in [-0.3, -0.25) is 4.79 Å². The molecule has 3 nitrogen and oxygen atoms in total. The van der Waals surface area contributed by atoms with Crippen molar-refractivity contribution in [3.05, 3.63) is 29.6 Å². The van der Waals surface area contributed by atoms with Crippen molar-refractivity contribution in [3.8, 4) is 16.8 Å². The molecule has 0 unspecified atom stereocenters. The van der Waals surface area contributed by atoms with Crippen LogP contribution >= 0.6 is 15.9 Å². The maximum Gasteiger partial charge on any atom is 0.301 e. The molecule has 5 heteroatoms. The summed E-state index contributed by atoms with van der Waals surface area (Å²) in [6, 6.07) is 5.53. The maximum atomic E-state index is 13.2. The zero-order valence-electron chi connectivity index (χ0n) is 7.34. The van der Waals surface area contributed by atoms with E-state index in [-0.39, 0.29) is 11.3 Å².